The number of nitrogens with two attached hydrogens (primary N) is 1. The van der Waals surface area contributed by atoms with Crippen LogP contribution >= 0.6 is 11.6 Å². The average Bonchev–Trinajstić information content (AvgIpc) is 3.16. The van der Waals surface area contributed by atoms with Crippen molar-refractivity contribution >= 4 is 34.0 Å². The predicted octanol–water partition coefficient (Wildman–Crippen LogP) is 7.90. The smallest absolute Gasteiger partial charge is 0.418 e. The monoisotopic (exact) mass is 773 g/mol. The van der Waals surface area contributed by atoms with Gasteiger partial charge in [-0.3, -0.25) is 9.78 Å². The van der Waals surface area contributed by atoms with Crippen molar-refractivity contribution in [3.63, 3.8) is 0 Å². The van der Waals surface area contributed by atoms with Crippen LogP contribution in [0.1, 0.15) is 40.8 Å². The molecule has 6 aromatic rings. The maximum absolute atomic E-state index is 15.0. The number of fused-ring (bicyclic) bond motifs is 1. The number of hydrogen-bond donors (Lipinski definition) is 3. The Morgan fingerprint density at radius 1 is 0.964 bits per heavy atom. The molecule has 0 aliphatic heterocycles. The molecule has 0 fully saturated rings. The van der Waals surface area contributed by atoms with Crippen molar-refractivity contribution in [2.24, 2.45) is 0 Å². The van der Waals surface area contributed by atoms with Crippen LogP contribution in [0.25, 0.3) is 22.2 Å². The van der Waals surface area contributed by atoms with E-state index in [2.05, 4.69) is 20.3 Å². The number of nitrogen functional groups attached to an aromatic ring is 1. The van der Waals surface area contributed by atoms with Crippen molar-refractivity contribution in [3.05, 3.63) is 129 Å². The Morgan fingerprint density at radius 2 is 1.60 bits per heavy atom. The first kappa shape index (κ1) is 38.9. The molecule has 3 heterocycles. The first-order chi connectivity index (χ1) is 26.4. The fourth-order valence-electron chi connectivity index (χ4n) is 6.23. The molecule has 55 heavy (non-hydrogen) atoms. The maximum Gasteiger partial charge on any atom is 0.418 e. The van der Waals surface area contributed by atoms with E-state index in [1.807, 2.05) is 60.4 Å². The molecular formula is C40H39ClF3N7O4. The number of H-pyrrole nitrogens is 1. The van der Waals surface area contributed by atoms with Gasteiger partial charge in [-0.05, 0) is 78.6 Å². The summed E-state index contributed by atoms with van der Waals surface area (Å²) >= 11 is 6.98. The van der Waals surface area contributed by atoms with Crippen LogP contribution in [0.4, 0.5) is 24.7 Å². The van der Waals surface area contributed by atoms with Gasteiger partial charge >= 0.3 is 6.18 Å². The zero-order chi connectivity index (χ0) is 39.3. The van der Waals surface area contributed by atoms with E-state index in [-0.39, 0.29) is 57.8 Å². The Balaban J connectivity index is 1.43. The van der Waals surface area contributed by atoms with Gasteiger partial charge in [-0.15, -0.1) is 0 Å². The summed E-state index contributed by atoms with van der Waals surface area (Å²) in [5.74, 6) is 1.47. The number of rotatable bonds is 14. The highest BCUT2D eigenvalue weighted by Gasteiger charge is 2.38. The Bertz CT molecular complexity index is 2290. The number of aromatic amines is 1. The van der Waals surface area contributed by atoms with Crippen LogP contribution in [0.5, 0.6) is 17.2 Å². The van der Waals surface area contributed by atoms with Crippen molar-refractivity contribution in [3.8, 4) is 28.5 Å². The molecule has 11 nitrogen and oxygen atoms in total. The second-order valence-corrected chi connectivity index (χ2v) is 13.2. The lowest BCUT2D eigenvalue weighted by molar-refractivity contribution is -0.137. The average molecular weight is 774 g/mol. The molecule has 3 aromatic heterocycles. The molecule has 0 saturated heterocycles. The van der Waals surface area contributed by atoms with E-state index in [0.717, 1.165) is 16.7 Å². The van der Waals surface area contributed by atoms with Gasteiger partial charge in [0.15, 0.2) is 5.75 Å². The number of aromatic nitrogens is 4. The number of aryl methyl sites for hydroxylation is 1. The van der Waals surface area contributed by atoms with Crippen LogP contribution in [-0.4, -0.2) is 47.3 Å². The Hall–Kier alpha value is -5.86. The lowest BCUT2D eigenvalue weighted by atomic mass is 9.99. The van der Waals surface area contributed by atoms with Crippen LogP contribution < -0.4 is 35.7 Å². The van der Waals surface area contributed by atoms with Crippen LogP contribution in [0.15, 0.2) is 90.2 Å². The molecule has 286 valence electrons. The summed E-state index contributed by atoms with van der Waals surface area (Å²) in [6.45, 7) is 4.17. The number of anilines is 2. The number of pyridine rings is 2. The van der Waals surface area contributed by atoms with Gasteiger partial charge < -0.3 is 35.1 Å². The Labute approximate surface area is 320 Å². The van der Waals surface area contributed by atoms with E-state index < -0.39 is 23.0 Å². The van der Waals surface area contributed by atoms with Crippen molar-refractivity contribution in [1.82, 2.24) is 25.3 Å². The number of methoxy groups -OCH3 is 2. The molecule has 0 saturated carbocycles. The van der Waals surface area contributed by atoms with Gasteiger partial charge in [0.2, 0.25) is 0 Å². The van der Waals surface area contributed by atoms with Crippen LogP contribution in [-0.2, 0) is 19.3 Å². The molecule has 1 atom stereocenters. The fourth-order valence-corrected chi connectivity index (χ4v) is 6.53. The predicted molar refractivity (Wildman–Crippen MR) is 207 cm³/mol. The van der Waals surface area contributed by atoms with Gasteiger partial charge in [0.25, 0.3) is 5.56 Å². The van der Waals surface area contributed by atoms with Gasteiger partial charge in [-0.1, -0.05) is 35.9 Å². The normalized spacial score (nSPS) is 12.1. The molecular weight excluding hydrogens is 735 g/mol. The SMILES string of the molecule is COc1ccc(CN(Cc2ccc(OC)cc2)c2cc(C)c(C(F)(F)F)c(-c3cc4nc[nH]c(=O)c4c(OCCNC(C)c4cncc(N)c4)c3Cl)n2)cc1. The third-order valence-corrected chi connectivity index (χ3v) is 9.41. The second-order valence-electron chi connectivity index (χ2n) is 12.8. The van der Waals surface area contributed by atoms with Crippen LogP contribution in [0.3, 0.4) is 0 Å². The van der Waals surface area contributed by atoms with Crippen LogP contribution in [0.2, 0.25) is 5.02 Å². The number of alkyl halides is 3. The molecule has 15 heteroatoms. The number of halogens is 4. The van der Waals surface area contributed by atoms with Crippen molar-refractivity contribution in [1.29, 1.82) is 0 Å². The molecule has 0 aliphatic carbocycles. The van der Waals surface area contributed by atoms with E-state index >= 15 is 13.2 Å². The van der Waals surface area contributed by atoms with Gasteiger partial charge in [0.05, 0.1) is 48.0 Å². The van der Waals surface area contributed by atoms with E-state index in [1.165, 1.54) is 25.4 Å². The summed E-state index contributed by atoms with van der Waals surface area (Å²) in [4.78, 5) is 30.6. The van der Waals surface area contributed by atoms with E-state index in [1.54, 1.807) is 32.7 Å². The third-order valence-electron chi connectivity index (χ3n) is 9.04. The maximum atomic E-state index is 15.0. The molecule has 3 aromatic carbocycles. The summed E-state index contributed by atoms with van der Waals surface area (Å²) in [5.41, 5.74) is 6.90. The zero-order valence-corrected chi connectivity index (χ0v) is 31.3. The highest BCUT2D eigenvalue weighted by molar-refractivity contribution is 6.36. The highest BCUT2D eigenvalue weighted by Crippen LogP contribution is 2.46. The molecule has 0 aliphatic rings. The summed E-state index contributed by atoms with van der Waals surface area (Å²) in [7, 11) is 3.14. The van der Waals surface area contributed by atoms with Gasteiger partial charge in [0, 0.05) is 43.6 Å². The molecule has 4 N–H and O–H groups in total. The minimum absolute atomic E-state index is 0.00279. The number of nitrogens with one attached hydrogen (secondary N) is 2. The quantitative estimate of drug-likeness (QED) is 0.0937. The van der Waals surface area contributed by atoms with E-state index in [0.29, 0.717) is 30.3 Å². The largest absolute Gasteiger partial charge is 0.497 e. The number of ether oxygens (including phenoxy) is 3. The minimum atomic E-state index is -4.82. The second kappa shape index (κ2) is 16.7. The highest BCUT2D eigenvalue weighted by atomic mass is 35.5. The third kappa shape index (κ3) is 8.93. The first-order valence-corrected chi connectivity index (χ1v) is 17.6. The molecule has 0 amide bonds. The van der Waals surface area contributed by atoms with E-state index in [4.69, 9.17) is 36.5 Å². The summed E-state index contributed by atoms with van der Waals surface area (Å²) < 4.78 is 61.8. The van der Waals surface area contributed by atoms with E-state index in [9.17, 15) is 4.79 Å². The fraction of sp³-hybridized carbons (Fsp3) is 0.250. The van der Waals surface area contributed by atoms with Crippen molar-refractivity contribution < 1.29 is 27.4 Å². The van der Waals surface area contributed by atoms with Gasteiger partial charge in [0.1, 0.15) is 29.3 Å². The summed E-state index contributed by atoms with van der Waals surface area (Å²) in [6.07, 6.45) is -0.427. The first-order valence-electron chi connectivity index (χ1n) is 17.2. The van der Waals surface area contributed by atoms with Gasteiger partial charge in [-0.2, -0.15) is 13.2 Å². The zero-order valence-electron chi connectivity index (χ0n) is 30.5. The van der Waals surface area contributed by atoms with Crippen molar-refractivity contribution in [2.75, 3.05) is 38.0 Å². The number of benzene rings is 3. The summed E-state index contributed by atoms with van der Waals surface area (Å²) in [5, 5.41) is 3.06. The molecule has 1 unspecified atom stereocenters. The number of hydrogen-bond acceptors (Lipinski definition) is 10. The standard InChI is InChI=1S/C40H39ClF3N7O4/c1-23-15-33(51(20-25-5-9-29(53-3)10-6-25)21-26-7-11-30(54-4)12-8-26)50-37(35(23)40(42,43)44)31-17-32-34(39(52)49-22-48-32)38(36(31)41)55-14-13-47-24(2)27-16-28(45)19-46-18-27/h5-12,15-19,22,24,47H,13-14,20-21,45H2,1-4H3,(H,48,49,52). The molecule has 6 rings (SSSR count). The van der Waals surface area contributed by atoms with Gasteiger partial charge in [-0.25, -0.2) is 9.97 Å². The van der Waals surface area contributed by atoms with Crippen molar-refractivity contribution in [2.45, 2.75) is 39.2 Å². The lowest BCUT2D eigenvalue weighted by Gasteiger charge is -2.27. The number of nitrogens with zero attached hydrogens (tertiary/aromatic N) is 4. The Kier molecular flexibility index (Phi) is 11.8. The van der Waals surface area contributed by atoms with Crippen LogP contribution in [0, 0.1) is 6.92 Å². The lowest BCUT2D eigenvalue weighted by Crippen LogP contribution is -2.25. The summed E-state index contributed by atoms with van der Waals surface area (Å²) in [6, 6.07) is 19.2. The Morgan fingerprint density at radius 3 is 2.18 bits per heavy atom. The molecule has 0 spiro atoms. The topological polar surface area (TPSA) is 141 Å². The molecule has 0 radical (unpaired) electrons. The minimum Gasteiger partial charge on any atom is -0.497 e. The molecule has 0 bridgehead atoms.